The van der Waals surface area contributed by atoms with Crippen LogP contribution in [0.15, 0.2) is 73.1 Å². The Morgan fingerprint density at radius 3 is 2.32 bits per heavy atom. The van der Waals surface area contributed by atoms with Crippen molar-refractivity contribution in [1.29, 1.82) is 0 Å². The van der Waals surface area contributed by atoms with Crippen molar-refractivity contribution in [1.82, 2.24) is 9.97 Å². The average molecular weight is 467 g/mol. The lowest BCUT2D eigenvalue weighted by molar-refractivity contribution is 0.411. The van der Waals surface area contributed by atoms with Gasteiger partial charge >= 0.3 is 0 Å². The number of benzene rings is 3. The van der Waals surface area contributed by atoms with Gasteiger partial charge in [0.1, 0.15) is 6.33 Å². The highest BCUT2D eigenvalue weighted by Crippen LogP contribution is 2.37. The molecule has 3 heteroatoms. The molecule has 0 aliphatic carbocycles. The molecular weight excluding hydrogens is 432 g/mol. The second kappa shape index (κ2) is 8.32. The summed E-state index contributed by atoms with van der Waals surface area (Å²) in [5.74, 6) is 0. The fraction of sp³-hybridized carbons (Fsp3) is 0.290. The van der Waals surface area contributed by atoms with Gasteiger partial charge in [-0.25, -0.2) is 9.97 Å². The summed E-state index contributed by atoms with van der Waals surface area (Å²) in [5.41, 5.74) is 4.40. The number of hydrogen-bond donors (Lipinski definition) is 0. The predicted octanol–water partition coefficient (Wildman–Crippen LogP) is 9.06. The van der Waals surface area contributed by atoms with Gasteiger partial charge in [0.25, 0.3) is 0 Å². The third-order valence-electron chi connectivity index (χ3n) is 5.92. The minimum absolute atomic E-state index is 0.00658. The molecule has 0 saturated carbocycles. The molecule has 2 nitrogen and oxygen atoms in total. The molecular formula is C31H32N2S. The zero-order chi connectivity index (χ0) is 25.9. The highest BCUT2D eigenvalue weighted by Gasteiger charge is 2.19. The molecule has 34 heavy (non-hydrogen) atoms. The van der Waals surface area contributed by atoms with Crippen LogP contribution in [-0.2, 0) is 11.8 Å². The van der Waals surface area contributed by atoms with E-state index >= 15 is 0 Å². The summed E-state index contributed by atoms with van der Waals surface area (Å²) < 4.78 is 18.4. The van der Waals surface area contributed by atoms with Crippen LogP contribution in [0.5, 0.6) is 0 Å². The molecule has 172 valence electrons. The molecule has 2 aromatic heterocycles. The minimum Gasteiger partial charge on any atom is -0.236 e. The van der Waals surface area contributed by atoms with Gasteiger partial charge in [0.2, 0.25) is 0 Å². The lowest BCUT2D eigenvalue weighted by Gasteiger charge is -2.22. The van der Waals surface area contributed by atoms with Crippen LogP contribution in [0.25, 0.3) is 42.7 Å². The summed E-state index contributed by atoms with van der Waals surface area (Å²) in [5, 5.41) is 3.53. The van der Waals surface area contributed by atoms with E-state index < -0.39 is 11.8 Å². The monoisotopic (exact) mass is 466 g/mol. The summed E-state index contributed by atoms with van der Waals surface area (Å²) in [6.45, 7) is 12.6. The molecule has 0 fully saturated rings. The maximum Gasteiger partial charge on any atom is 0.116 e. The Morgan fingerprint density at radius 1 is 0.794 bits per heavy atom. The molecule has 5 rings (SSSR count). The quantitative estimate of drug-likeness (QED) is 0.265. The zero-order valence-corrected chi connectivity index (χ0v) is 21.5. The van der Waals surface area contributed by atoms with Gasteiger partial charge in [0.05, 0.1) is 16.3 Å². The zero-order valence-electron chi connectivity index (χ0n) is 22.7. The summed E-state index contributed by atoms with van der Waals surface area (Å²) in [6.07, 6.45) is 0.219. The van der Waals surface area contributed by atoms with Crippen molar-refractivity contribution in [3.05, 3.63) is 84.2 Å². The normalized spacial score (nSPS) is 13.8. The summed E-state index contributed by atoms with van der Waals surface area (Å²) in [7, 11) is 0. The van der Waals surface area contributed by atoms with Crippen molar-refractivity contribution in [3.8, 4) is 21.8 Å². The molecule has 2 heterocycles. The van der Waals surface area contributed by atoms with E-state index in [1.54, 1.807) is 17.7 Å². The van der Waals surface area contributed by atoms with Gasteiger partial charge in [-0.1, -0.05) is 77.9 Å². The van der Waals surface area contributed by atoms with Gasteiger partial charge in [0.15, 0.2) is 0 Å². The molecule has 5 aromatic rings. The van der Waals surface area contributed by atoms with Crippen LogP contribution >= 0.6 is 11.3 Å². The van der Waals surface area contributed by atoms with Crippen molar-refractivity contribution in [3.63, 3.8) is 0 Å². The fourth-order valence-corrected chi connectivity index (χ4v) is 5.42. The van der Waals surface area contributed by atoms with Gasteiger partial charge in [-0.05, 0) is 74.8 Å². The van der Waals surface area contributed by atoms with Gasteiger partial charge in [0, 0.05) is 13.0 Å². The van der Waals surface area contributed by atoms with E-state index in [1.807, 2.05) is 39.0 Å². The second-order valence-corrected chi connectivity index (χ2v) is 12.1. The maximum absolute atomic E-state index is 8.66. The molecule has 0 N–H and O–H groups in total. The molecule has 0 unspecified atom stereocenters. The number of aromatic nitrogens is 2. The molecule has 0 amide bonds. The van der Waals surface area contributed by atoms with Crippen LogP contribution in [0.3, 0.4) is 0 Å². The molecule has 0 atom stereocenters. The first-order valence-electron chi connectivity index (χ1n) is 12.7. The van der Waals surface area contributed by atoms with Gasteiger partial charge in [-0.2, -0.15) is 0 Å². The first kappa shape index (κ1) is 20.3. The van der Waals surface area contributed by atoms with Crippen LogP contribution < -0.4 is 0 Å². The van der Waals surface area contributed by atoms with E-state index in [4.69, 9.17) is 2.74 Å². The van der Waals surface area contributed by atoms with Crippen LogP contribution in [0.2, 0.25) is 0 Å². The number of nitrogens with zero attached hydrogens (tertiary/aromatic N) is 2. The van der Waals surface area contributed by atoms with E-state index in [-0.39, 0.29) is 5.41 Å². The van der Waals surface area contributed by atoms with Crippen LogP contribution in [0.1, 0.15) is 55.4 Å². The highest BCUT2D eigenvalue weighted by molar-refractivity contribution is 7.22. The van der Waals surface area contributed by atoms with Gasteiger partial charge in [-0.15, -0.1) is 11.3 Å². The maximum atomic E-state index is 8.66. The van der Waals surface area contributed by atoms with Gasteiger partial charge in [-0.3, -0.25) is 0 Å². The topological polar surface area (TPSA) is 25.8 Å². The van der Waals surface area contributed by atoms with E-state index in [2.05, 4.69) is 79.3 Å². The van der Waals surface area contributed by atoms with E-state index in [9.17, 15) is 0 Å². The molecule has 0 aliphatic heterocycles. The van der Waals surface area contributed by atoms with Crippen LogP contribution in [0, 0.1) is 5.41 Å². The first-order valence-corrected chi connectivity index (χ1v) is 12.6. The SMILES string of the molecule is [2H]C([2H])(c1ccc2sc(-c3cc(-c4cc(C(C)(C)C)c5ccccc5c4)ncn3)cc2c1)C(C)(C)C. The lowest BCUT2D eigenvalue weighted by Crippen LogP contribution is -2.12. The molecule has 0 bridgehead atoms. The third kappa shape index (κ3) is 4.63. The molecule has 0 saturated heterocycles. The van der Waals surface area contributed by atoms with Crippen molar-refractivity contribution < 1.29 is 2.74 Å². The standard InChI is InChI=1S/C31H32N2S/c1-30(2,3)18-20-11-12-28-23(13-20)16-29(34-28)27-17-26(32-19-33-27)22-14-21-9-7-8-10-24(21)25(15-22)31(4,5)6/h7-17,19H,18H2,1-6H3/i18D2. The summed E-state index contributed by atoms with van der Waals surface area (Å²) in [4.78, 5) is 10.3. The summed E-state index contributed by atoms with van der Waals surface area (Å²) >= 11 is 1.68. The van der Waals surface area contributed by atoms with Crippen molar-refractivity contribution >= 4 is 32.2 Å². The Kier molecular flexibility index (Phi) is 4.98. The molecule has 0 radical (unpaired) electrons. The Labute approximate surface area is 209 Å². The van der Waals surface area contributed by atoms with Crippen LogP contribution in [-0.4, -0.2) is 9.97 Å². The van der Waals surface area contributed by atoms with Crippen molar-refractivity contribution in [2.24, 2.45) is 5.41 Å². The lowest BCUT2D eigenvalue weighted by atomic mass is 9.82. The van der Waals surface area contributed by atoms with Crippen molar-refractivity contribution in [2.75, 3.05) is 0 Å². The average Bonchev–Trinajstić information content (AvgIpc) is 3.26. The Hall–Kier alpha value is -3.04. The number of fused-ring (bicyclic) bond motifs is 2. The van der Waals surface area contributed by atoms with E-state index in [1.165, 1.54) is 16.3 Å². The minimum atomic E-state index is -1.42. The molecule has 0 spiro atoms. The number of rotatable bonds is 3. The predicted molar refractivity (Wildman–Crippen MR) is 148 cm³/mol. The Balaban J connectivity index is 1.58. The smallest absolute Gasteiger partial charge is 0.116 e. The number of hydrogen-bond acceptors (Lipinski definition) is 3. The largest absolute Gasteiger partial charge is 0.236 e. The third-order valence-corrected chi connectivity index (χ3v) is 7.06. The van der Waals surface area contributed by atoms with E-state index in [0.717, 1.165) is 31.9 Å². The highest BCUT2D eigenvalue weighted by atomic mass is 32.1. The first-order chi connectivity index (χ1) is 16.8. The number of thiophene rings is 1. The van der Waals surface area contributed by atoms with Crippen molar-refractivity contribution in [2.45, 2.75) is 53.3 Å². The Morgan fingerprint density at radius 2 is 1.56 bits per heavy atom. The summed E-state index contributed by atoms with van der Waals surface area (Å²) in [6, 6.07) is 23.1. The second-order valence-electron chi connectivity index (χ2n) is 11.0. The van der Waals surface area contributed by atoms with Crippen LogP contribution in [0.4, 0.5) is 0 Å². The molecule has 0 aliphatic rings. The molecule has 3 aromatic carbocycles. The van der Waals surface area contributed by atoms with E-state index in [0.29, 0.717) is 5.56 Å². The van der Waals surface area contributed by atoms with Gasteiger partial charge < -0.3 is 0 Å². The fourth-order valence-electron chi connectivity index (χ4n) is 4.41. The Bertz CT molecular complexity index is 1590.